The maximum Gasteiger partial charge on any atom is 0.305 e. The van der Waals surface area contributed by atoms with Crippen LogP contribution in [0.15, 0.2) is 0 Å². The smallest absolute Gasteiger partial charge is 0.305 e. The number of rotatable bonds is 3. The molecule has 0 amide bonds. The molecule has 0 saturated carbocycles. The summed E-state index contributed by atoms with van der Waals surface area (Å²) in [5, 5.41) is 6.54. The van der Waals surface area contributed by atoms with E-state index >= 15 is 0 Å². The van der Waals surface area contributed by atoms with Gasteiger partial charge in [-0.25, -0.2) is 0 Å². The van der Waals surface area contributed by atoms with Crippen molar-refractivity contribution in [3.05, 3.63) is 0 Å². The Balaban J connectivity index is 3.11. The topological polar surface area (TPSA) is 50.2 Å². The fourth-order valence-electron chi connectivity index (χ4n) is 0.292. The number of carbonyl (C=O) groups is 1. The van der Waals surface area contributed by atoms with Gasteiger partial charge in [-0.05, 0) is 12.6 Å². The minimum absolute atomic E-state index is 0.256. The molecule has 0 aromatic heterocycles. The molecule has 0 aliphatic heterocycles. The second kappa shape index (κ2) is 4.30. The lowest BCUT2D eigenvalue weighted by atomic mass is 10.3. The van der Waals surface area contributed by atoms with Crippen LogP contribution >= 0.6 is 0 Å². The summed E-state index contributed by atoms with van der Waals surface area (Å²) in [7, 11) is 1.34. The van der Waals surface area contributed by atoms with Crippen molar-refractivity contribution in [1.82, 2.24) is 0 Å². The van der Waals surface area contributed by atoms with Gasteiger partial charge >= 0.3 is 5.97 Å². The number of ether oxygens (including phenoxy) is 1. The predicted octanol–water partition coefficient (Wildman–Crippen LogP) is 0.589. The summed E-state index contributed by atoms with van der Waals surface area (Å²) < 4.78 is 4.31. The Hall–Kier alpha value is -0.860. The third-order valence-electron chi connectivity index (χ3n) is 0.720. The summed E-state index contributed by atoms with van der Waals surface area (Å²) in [5.41, 5.74) is 0. The summed E-state index contributed by atoms with van der Waals surface area (Å²) in [5.74, 6) is -0.256. The summed E-state index contributed by atoms with van der Waals surface area (Å²) in [6.07, 6.45) is 1.99. The van der Waals surface area contributed by atoms with Gasteiger partial charge in [0.15, 0.2) is 0 Å². The fourth-order valence-corrected chi connectivity index (χ4v) is 0.292. The van der Waals surface area contributed by atoms with Crippen molar-refractivity contribution in [3.63, 3.8) is 0 Å². The fraction of sp³-hybridized carbons (Fsp3) is 0.600. The Kier molecular flexibility index (Phi) is 3.84. The number of carbonyl (C=O) groups excluding carboxylic acids is 1. The van der Waals surface area contributed by atoms with Crippen molar-refractivity contribution in [1.29, 1.82) is 5.41 Å². The summed E-state index contributed by atoms with van der Waals surface area (Å²) in [6.45, 7) is 0. The monoisotopic (exact) mass is 115 g/mol. The molecular formula is C5H9NO2. The van der Waals surface area contributed by atoms with Gasteiger partial charge in [0, 0.05) is 0 Å². The lowest BCUT2D eigenvalue weighted by Gasteiger charge is -1.91. The van der Waals surface area contributed by atoms with Crippen LogP contribution in [-0.4, -0.2) is 19.3 Å². The molecule has 0 aromatic carbocycles. The van der Waals surface area contributed by atoms with E-state index in [1.165, 1.54) is 13.3 Å². The minimum Gasteiger partial charge on any atom is -0.469 e. The molecule has 0 rings (SSSR count). The predicted molar refractivity (Wildman–Crippen MR) is 30.0 cm³/mol. The highest BCUT2D eigenvalue weighted by atomic mass is 16.5. The Morgan fingerprint density at radius 3 is 2.88 bits per heavy atom. The molecule has 0 aliphatic rings. The van der Waals surface area contributed by atoms with Crippen molar-refractivity contribution in [2.45, 2.75) is 12.8 Å². The minimum atomic E-state index is -0.256. The molecule has 0 unspecified atom stereocenters. The first-order valence-corrected chi connectivity index (χ1v) is 2.37. The number of hydrogen-bond acceptors (Lipinski definition) is 3. The molecule has 0 heterocycles. The second-order valence-electron chi connectivity index (χ2n) is 1.32. The van der Waals surface area contributed by atoms with Gasteiger partial charge < -0.3 is 10.1 Å². The van der Waals surface area contributed by atoms with Gasteiger partial charge in [0.05, 0.1) is 13.5 Å². The molecule has 0 aliphatic carbocycles. The molecular weight excluding hydrogens is 106 g/mol. The van der Waals surface area contributed by atoms with Crippen LogP contribution in [0, 0.1) is 5.41 Å². The van der Waals surface area contributed by atoms with E-state index in [0.717, 1.165) is 0 Å². The van der Waals surface area contributed by atoms with Crippen LogP contribution < -0.4 is 0 Å². The van der Waals surface area contributed by atoms with Crippen LogP contribution in [0.5, 0.6) is 0 Å². The highest BCUT2D eigenvalue weighted by molar-refractivity contribution is 5.72. The molecule has 0 radical (unpaired) electrons. The third kappa shape index (κ3) is 3.33. The molecule has 0 fully saturated rings. The first kappa shape index (κ1) is 7.14. The molecule has 1 N–H and O–H groups in total. The van der Waals surface area contributed by atoms with Gasteiger partial charge in [-0.2, -0.15) is 0 Å². The van der Waals surface area contributed by atoms with E-state index in [1.54, 1.807) is 0 Å². The zero-order valence-corrected chi connectivity index (χ0v) is 4.81. The first-order chi connectivity index (χ1) is 3.81. The Morgan fingerprint density at radius 2 is 2.50 bits per heavy atom. The van der Waals surface area contributed by atoms with Crippen molar-refractivity contribution < 1.29 is 9.53 Å². The van der Waals surface area contributed by atoms with Gasteiger partial charge in [0.25, 0.3) is 0 Å². The lowest BCUT2D eigenvalue weighted by Crippen LogP contribution is -1.98. The van der Waals surface area contributed by atoms with Crippen molar-refractivity contribution in [2.24, 2.45) is 0 Å². The van der Waals surface area contributed by atoms with E-state index in [2.05, 4.69) is 4.74 Å². The molecule has 46 valence electrons. The lowest BCUT2D eigenvalue weighted by molar-refractivity contribution is -0.140. The van der Waals surface area contributed by atoms with Gasteiger partial charge in [0.2, 0.25) is 0 Å². The van der Waals surface area contributed by atoms with Crippen molar-refractivity contribution >= 4 is 12.2 Å². The van der Waals surface area contributed by atoms with Crippen molar-refractivity contribution in [3.8, 4) is 0 Å². The first-order valence-electron chi connectivity index (χ1n) is 2.37. The van der Waals surface area contributed by atoms with Gasteiger partial charge in [-0.1, -0.05) is 0 Å². The van der Waals surface area contributed by atoms with E-state index in [0.29, 0.717) is 12.8 Å². The van der Waals surface area contributed by atoms with E-state index in [-0.39, 0.29) is 5.97 Å². The van der Waals surface area contributed by atoms with Crippen LogP contribution in [0.4, 0.5) is 0 Å². The normalized spacial score (nSPS) is 8.12. The van der Waals surface area contributed by atoms with E-state index in [1.807, 2.05) is 0 Å². The number of esters is 1. The average molecular weight is 115 g/mol. The van der Waals surface area contributed by atoms with Crippen LogP contribution in [0.1, 0.15) is 12.8 Å². The van der Waals surface area contributed by atoms with Crippen molar-refractivity contribution in [2.75, 3.05) is 7.11 Å². The maximum atomic E-state index is 10.2. The number of methoxy groups -OCH3 is 1. The van der Waals surface area contributed by atoms with Gasteiger partial charge in [-0.3, -0.25) is 4.79 Å². The summed E-state index contributed by atoms with van der Waals surface area (Å²) in [4.78, 5) is 10.2. The van der Waals surface area contributed by atoms with Crippen LogP contribution in [0.2, 0.25) is 0 Å². The van der Waals surface area contributed by atoms with E-state index < -0.39 is 0 Å². The average Bonchev–Trinajstić information content (AvgIpc) is 1.83. The molecule has 0 aromatic rings. The summed E-state index contributed by atoms with van der Waals surface area (Å²) >= 11 is 0. The number of hydrogen-bond donors (Lipinski definition) is 1. The maximum absolute atomic E-state index is 10.2. The standard InChI is InChI=1S/C5H9NO2/c1-8-5(7)3-2-4-6/h4,6H,2-3H2,1H3. The molecule has 8 heavy (non-hydrogen) atoms. The van der Waals surface area contributed by atoms with Crippen LogP contribution in [0.3, 0.4) is 0 Å². The number of nitrogens with one attached hydrogen (secondary N) is 1. The Morgan fingerprint density at radius 1 is 1.88 bits per heavy atom. The zero-order chi connectivity index (χ0) is 6.41. The summed E-state index contributed by atoms with van der Waals surface area (Å²) in [6, 6.07) is 0. The molecule has 0 saturated heterocycles. The third-order valence-corrected chi connectivity index (χ3v) is 0.720. The highest BCUT2D eigenvalue weighted by Crippen LogP contribution is 1.85. The van der Waals surface area contributed by atoms with Gasteiger partial charge in [0.1, 0.15) is 0 Å². The quantitative estimate of drug-likeness (QED) is 0.432. The molecule has 0 spiro atoms. The van der Waals surface area contributed by atoms with Crippen LogP contribution in [-0.2, 0) is 9.53 Å². The zero-order valence-electron chi connectivity index (χ0n) is 4.81. The largest absolute Gasteiger partial charge is 0.469 e. The SMILES string of the molecule is COC(=O)CCC=N. The van der Waals surface area contributed by atoms with Gasteiger partial charge in [-0.15, -0.1) is 0 Å². The van der Waals surface area contributed by atoms with E-state index in [9.17, 15) is 4.79 Å². The highest BCUT2D eigenvalue weighted by Gasteiger charge is 1.94. The van der Waals surface area contributed by atoms with E-state index in [4.69, 9.17) is 5.41 Å². The molecule has 0 atom stereocenters. The Bertz CT molecular complexity index is 90.4. The second-order valence-corrected chi connectivity index (χ2v) is 1.32. The molecule has 3 nitrogen and oxygen atoms in total. The van der Waals surface area contributed by atoms with Crippen LogP contribution in [0.25, 0.3) is 0 Å². The molecule has 3 heteroatoms. The Labute approximate surface area is 48.2 Å². The molecule has 0 bridgehead atoms.